The Morgan fingerprint density at radius 3 is 3.09 bits per heavy atom. The fourth-order valence-electron chi connectivity index (χ4n) is 1.97. The first kappa shape index (κ1) is 15.2. The van der Waals surface area contributed by atoms with Gasteiger partial charge in [0.1, 0.15) is 12.8 Å². The average molecular weight is 334 g/mol. The van der Waals surface area contributed by atoms with Crippen LogP contribution in [-0.4, -0.2) is 40.3 Å². The van der Waals surface area contributed by atoms with Gasteiger partial charge in [-0.05, 0) is 12.8 Å². The summed E-state index contributed by atoms with van der Waals surface area (Å²) in [7, 11) is 1.34. The van der Waals surface area contributed by atoms with Gasteiger partial charge in [-0.1, -0.05) is 5.16 Å². The maximum absolute atomic E-state index is 12.4. The fourth-order valence-corrected chi connectivity index (χ4v) is 2.63. The first-order valence-electron chi connectivity index (χ1n) is 6.85. The number of thiazole rings is 1. The van der Waals surface area contributed by atoms with Crippen molar-refractivity contribution in [2.45, 2.75) is 18.8 Å². The van der Waals surface area contributed by atoms with Crippen LogP contribution >= 0.6 is 11.3 Å². The molecule has 2 aromatic rings. The largest absolute Gasteiger partial charge is 0.398 e. The quantitative estimate of drug-likeness (QED) is 0.400. The minimum absolute atomic E-state index is 0.00123. The molecule has 0 aliphatic heterocycles. The predicted molar refractivity (Wildman–Crippen MR) is 84.5 cm³/mol. The van der Waals surface area contributed by atoms with Crippen LogP contribution in [0.15, 0.2) is 16.6 Å². The van der Waals surface area contributed by atoms with Crippen LogP contribution in [0.4, 0.5) is 10.9 Å². The molecule has 0 saturated heterocycles. The number of anilines is 2. The molecule has 120 valence electrons. The third kappa shape index (κ3) is 3.54. The lowest BCUT2D eigenvalue weighted by atomic mass is 10.2. The van der Waals surface area contributed by atoms with Gasteiger partial charge in [0.05, 0.1) is 0 Å². The Morgan fingerprint density at radius 2 is 2.39 bits per heavy atom. The van der Waals surface area contributed by atoms with Gasteiger partial charge in [0.15, 0.2) is 16.7 Å². The first-order chi connectivity index (χ1) is 11.2. The number of nitrogens with zero attached hydrogens (tertiary/aromatic N) is 3. The van der Waals surface area contributed by atoms with E-state index >= 15 is 0 Å². The van der Waals surface area contributed by atoms with Crippen molar-refractivity contribution in [2.24, 2.45) is 5.16 Å². The summed E-state index contributed by atoms with van der Waals surface area (Å²) in [5.41, 5.74) is 1.31. The van der Waals surface area contributed by atoms with E-state index in [4.69, 9.17) is 4.84 Å². The molecule has 0 bridgehead atoms. The third-order valence-corrected chi connectivity index (χ3v) is 3.96. The summed E-state index contributed by atoms with van der Waals surface area (Å²) in [6, 6.07) is 1.81. The number of aromatic amines is 1. The molecule has 1 aliphatic carbocycles. The van der Waals surface area contributed by atoms with E-state index in [1.165, 1.54) is 18.4 Å². The molecule has 0 radical (unpaired) electrons. The van der Waals surface area contributed by atoms with Crippen LogP contribution in [0.25, 0.3) is 0 Å². The monoisotopic (exact) mass is 334 g/mol. The molecule has 1 saturated carbocycles. The van der Waals surface area contributed by atoms with Crippen LogP contribution in [0, 0.1) is 0 Å². The van der Waals surface area contributed by atoms with Gasteiger partial charge < -0.3 is 15.5 Å². The molecule has 1 fully saturated rings. The van der Waals surface area contributed by atoms with Crippen LogP contribution in [0.3, 0.4) is 0 Å². The van der Waals surface area contributed by atoms with E-state index in [0.29, 0.717) is 29.0 Å². The Balaban J connectivity index is 1.74. The predicted octanol–water partition coefficient (Wildman–Crippen LogP) is 1.30. The molecule has 2 heterocycles. The van der Waals surface area contributed by atoms with Crippen molar-refractivity contribution in [3.05, 3.63) is 22.8 Å². The zero-order chi connectivity index (χ0) is 16.2. The van der Waals surface area contributed by atoms with Crippen molar-refractivity contribution in [1.82, 2.24) is 15.2 Å². The van der Waals surface area contributed by atoms with Gasteiger partial charge in [0.2, 0.25) is 6.41 Å². The molecule has 0 aromatic carbocycles. The molecule has 2 amide bonds. The Morgan fingerprint density at radius 1 is 1.57 bits per heavy atom. The van der Waals surface area contributed by atoms with Gasteiger partial charge in [-0.2, -0.15) is 5.10 Å². The number of rotatable bonds is 7. The maximum Gasteiger partial charge on any atom is 0.281 e. The van der Waals surface area contributed by atoms with Crippen molar-refractivity contribution in [3.8, 4) is 0 Å². The van der Waals surface area contributed by atoms with Gasteiger partial charge in [0, 0.05) is 23.1 Å². The Hall–Kier alpha value is -2.75. The standard InChI is InChI=1S/C13H14N6O3S/c1-22-19-11(9-5-23-13(15-9)14-6-20)12(21)16-10-4-8(17-18-10)7-2-3-7/h4-7H,2-3H2,1H3,(H,14,15,20)(H2,16,17,18,21). The van der Waals surface area contributed by atoms with E-state index in [9.17, 15) is 9.59 Å². The molecule has 10 heteroatoms. The van der Waals surface area contributed by atoms with Gasteiger partial charge in [0.25, 0.3) is 5.91 Å². The van der Waals surface area contributed by atoms with Crippen molar-refractivity contribution in [1.29, 1.82) is 0 Å². The molecule has 3 rings (SSSR count). The number of hydrogen-bond donors (Lipinski definition) is 3. The molecule has 9 nitrogen and oxygen atoms in total. The van der Waals surface area contributed by atoms with Crippen molar-refractivity contribution in [2.75, 3.05) is 17.7 Å². The Kier molecular flexibility index (Phi) is 4.33. The summed E-state index contributed by atoms with van der Waals surface area (Å²) in [6.45, 7) is 0. The highest BCUT2D eigenvalue weighted by Gasteiger charge is 2.26. The number of carbonyl (C=O) groups is 2. The van der Waals surface area contributed by atoms with Gasteiger partial charge in [-0.25, -0.2) is 4.98 Å². The topological polar surface area (TPSA) is 121 Å². The minimum atomic E-state index is -0.497. The average Bonchev–Trinajstić information content (AvgIpc) is 3.11. The van der Waals surface area contributed by atoms with Gasteiger partial charge in [-0.15, -0.1) is 11.3 Å². The summed E-state index contributed by atoms with van der Waals surface area (Å²) in [5.74, 6) is 0.432. The van der Waals surface area contributed by atoms with Crippen LogP contribution in [-0.2, 0) is 14.4 Å². The maximum atomic E-state index is 12.4. The number of carbonyl (C=O) groups excluding carboxylic acids is 2. The molecule has 3 N–H and O–H groups in total. The van der Waals surface area contributed by atoms with E-state index < -0.39 is 5.91 Å². The lowest BCUT2D eigenvalue weighted by molar-refractivity contribution is -0.110. The van der Waals surface area contributed by atoms with Crippen LogP contribution in [0.1, 0.15) is 30.1 Å². The van der Waals surface area contributed by atoms with Crippen molar-refractivity contribution in [3.63, 3.8) is 0 Å². The molecule has 23 heavy (non-hydrogen) atoms. The number of hydrogen-bond acceptors (Lipinski definition) is 7. The lowest BCUT2D eigenvalue weighted by Crippen LogP contribution is -2.24. The summed E-state index contributed by atoms with van der Waals surface area (Å²) in [5, 5.41) is 17.7. The minimum Gasteiger partial charge on any atom is -0.398 e. The molecule has 0 spiro atoms. The van der Waals surface area contributed by atoms with Crippen LogP contribution in [0.2, 0.25) is 0 Å². The number of oxime groups is 1. The number of aromatic nitrogens is 3. The zero-order valence-corrected chi connectivity index (χ0v) is 13.0. The molecule has 1 aliphatic rings. The Bertz CT molecular complexity index is 748. The highest BCUT2D eigenvalue weighted by atomic mass is 32.1. The Labute approximate surface area is 135 Å². The lowest BCUT2D eigenvalue weighted by Gasteiger charge is -2.02. The normalized spacial score (nSPS) is 14.4. The van der Waals surface area contributed by atoms with E-state index in [0.717, 1.165) is 18.5 Å². The second-order valence-electron chi connectivity index (χ2n) is 4.86. The SMILES string of the molecule is CON=C(C(=O)Nc1cc(C2CC2)[nH]n1)c1csc(NC=O)n1. The second kappa shape index (κ2) is 6.57. The molecular weight excluding hydrogens is 320 g/mol. The van der Waals surface area contributed by atoms with Crippen LogP contribution in [0.5, 0.6) is 0 Å². The van der Waals surface area contributed by atoms with E-state index in [-0.39, 0.29) is 5.71 Å². The van der Waals surface area contributed by atoms with Crippen molar-refractivity contribution >= 4 is 40.3 Å². The van der Waals surface area contributed by atoms with E-state index in [1.54, 1.807) is 11.4 Å². The van der Waals surface area contributed by atoms with Crippen molar-refractivity contribution < 1.29 is 14.4 Å². The summed E-state index contributed by atoms with van der Waals surface area (Å²) in [4.78, 5) is 31.6. The summed E-state index contributed by atoms with van der Waals surface area (Å²) in [6.07, 6.45) is 2.79. The number of H-pyrrole nitrogens is 1. The van der Waals surface area contributed by atoms with Crippen LogP contribution < -0.4 is 10.6 Å². The number of amides is 2. The second-order valence-corrected chi connectivity index (χ2v) is 5.72. The molecular formula is C13H14N6O3S. The third-order valence-electron chi connectivity index (χ3n) is 3.18. The smallest absolute Gasteiger partial charge is 0.281 e. The zero-order valence-electron chi connectivity index (χ0n) is 12.2. The van der Waals surface area contributed by atoms with Gasteiger partial charge >= 0.3 is 0 Å². The van der Waals surface area contributed by atoms with Gasteiger partial charge in [-0.3, -0.25) is 14.7 Å². The number of nitrogens with one attached hydrogen (secondary N) is 3. The summed E-state index contributed by atoms with van der Waals surface area (Å²) < 4.78 is 0. The highest BCUT2D eigenvalue weighted by Crippen LogP contribution is 2.39. The van der Waals surface area contributed by atoms with E-state index in [2.05, 4.69) is 31.0 Å². The molecule has 2 aromatic heterocycles. The first-order valence-corrected chi connectivity index (χ1v) is 7.73. The highest BCUT2D eigenvalue weighted by molar-refractivity contribution is 7.14. The molecule has 0 atom stereocenters. The fraction of sp³-hybridized carbons (Fsp3) is 0.308. The molecule has 0 unspecified atom stereocenters. The van der Waals surface area contributed by atoms with E-state index in [1.807, 2.05) is 0 Å². The summed E-state index contributed by atoms with van der Waals surface area (Å²) >= 11 is 1.18.